The zero-order valence-corrected chi connectivity index (χ0v) is 12.4. The third-order valence-corrected chi connectivity index (χ3v) is 5.74. The van der Waals surface area contributed by atoms with E-state index in [9.17, 15) is 8.42 Å². The van der Waals surface area contributed by atoms with Gasteiger partial charge >= 0.3 is 0 Å². The van der Waals surface area contributed by atoms with Gasteiger partial charge < -0.3 is 4.74 Å². The van der Waals surface area contributed by atoms with Gasteiger partial charge in [0.05, 0.1) is 11.4 Å². The van der Waals surface area contributed by atoms with Gasteiger partial charge in [-0.3, -0.25) is 0 Å². The molecule has 0 atom stereocenters. The van der Waals surface area contributed by atoms with Crippen LogP contribution in [0.4, 0.5) is 0 Å². The van der Waals surface area contributed by atoms with Gasteiger partial charge in [-0.1, -0.05) is 25.4 Å². The molecule has 0 N–H and O–H groups in total. The van der Waals surface area contributed by atoms with Crippen LogP contribution in [-0.2, 0) is 14.6 Å². The Kier molecular flexibility index (Phi) is 4.24. The molecule has 5 heteroatoms. The van der Waals surface area contributed by atoms with E-state index in [0.29, 0.717) is 6.61 Å². The lowest BCUT2D eigenvalue weighted by molar-refractivity contribution is 0.339. The summed E-state index contributed by atoms with van der Waals surface area (Å²) in [4.78, 5) is 0. The molecular weight excluding hydrogens is 259 g/mol. The van der Waals surface area contributed by atoms with Crippen molar-refractivity contribution < 1.29 is 13.2 Å². The molecule has 1 aromatic rings. The SMILES string of the molecule is CC[B]CCOc1ccc(C2(S(C)(=O)=O)CC2)cc1. The van der Waals surface area contributed by atoms with Gasteiger partial charge in [0, 0.05) is 6.26 Å². The predicted molar refractivity (Wildman–Crippen MR) is 78.7 cm³/mol. The van der Waals surface area contributed by atoms with Crippen LogP contribution in [0.1, 0.15) is 25.3 Å². The minimum Gasteiger partial charge on any atom is -0.494 e. The fourth-order valence-electron chi connectivity index (χ4n) is 2.31. The van der Waals surface area contributed by atoms with Crippen LogP contribution in [0.25, 0.3) is 0 Å². The fraction of sp³-hybridized carbons (Fsp3) is 0.571. The van der Waals surface area contributed by atoms with Crippen molar-refractivity contribution in [1.29, 1.82) is 0 Å². The number of sulfone groups is 1. The molecule has 1 aliphatic rings. The molecule has 1 fully saturated rings. The van der Waals surface area contributed by atoms with Crippen molar-refractivity contribution in [3.63, 3.8) is 0 Å². The highest BCUT2D eigenvalue weighted by atomic mass is 32.2. The normalized spacial score (nSPS) is 16.9. The molecule has 1 saturated carbocycles. The Balaban J connectivity index is 2.00. The van der Waals surface area contributed by atoms with Crippen molar-refractivity contribution in [2.75, 3.05) is 12.9 Å². The molecule has 0 amide bonds. The molecule has 19 heavy (non-hydrogen) atoms. The van der Waals surface area contributed by atoms with Gasteiger partial charge in [-0.2, -0.15) is 0 Å². The van der Waals surface area contributed by atoms with Crippen LogP contribution in [0.15, 0.2) is 24.3 Å². The summed E-state index contributed by atoms with van der Waals surface area (Å²) in [6.45, 7) is 2.78. The highest BCUT2D eigenvalue weighted by Crippen LogP contribution is 2.52. The van der Waals surface area contributed by atoms with E-state index in [1.54, 1.807) is 0 Å². The Morgan fingerprint density at radius 1 is 1.26 bits per heavy atom. The topological polar surface area (TPSA) is 43.4 Å². The van der Waals surface area contributed by atoms with Crippen LogP contribution < -0.4 is 4.74 Å². The maximum absolute atomic E-state index is 11.8. The summed E-state index contributed by atoms with van der Waals surface area (Å²) in [6.07, 6.45) is 4.78. The minimum absolute atomic E-state index is 0.623. The number of benzene rings is 1. The lowest BCUT2D eigenvalue weighted by Crippen LogP contribution is -2.19. The summed E-state index contributed by atoms with van der Waals surface area (Å²) in [7, 11) is -0.849. The van der Waals surface area contributed by atoms with E-state index in [-0.39, 0.29) is 0 Å². The molecule has 1 aliphatic carbocycles. The monoisotopic (exact) mass is 279 g/mol. The smallest absolute Gasteiger partial charge is 0.157 e. The lowest BCUT2D eigenvalue weighted by Gasteiger charge is -2.14. The Morgan fingerprint density at radius 2 is 1.89 bits per heavy atom. The third-order valence-electron chi connectivity index (χ3n) is 3.67. The third kappa shape index (κ3) is 3.14. The molecule has 0 saturated heterocycles. The molecule has 0 unspecified atom stereocenters. The van der Waals surface area contributed by atoms with Crippen LogP contribution in [-0.4, -0.2) is 28.6 Å². The van der Waals surface area contributed by atoms with Crippen LogP contribution in [0.2, 0.25) is 12.6 Å². The Bertz CT molecular complexity index is 518. The summed E-state index contributed by atoms with van der Waals surface area (Å²) in [5.41, 5.74) is 0.891. The quantitative estimate of drug-likeness (QED) is 0.569. The Labute approximate surface area is 116 Å². The van der Waals surface area contributed by atoms with E-state index < -0.39 is 14.6 Å². The fourth-order valence-corrected chi connectivity index (χ4v) is 3.71. The Hall–Kier alpha value is -0.965. The second-order valence-electron chi connectivity index (χ2n) is 5.12. The second kappa shape index (κ2) is 5.57. The van der Waals surface area contributed by atoms with Crippen LogP contribution in [0, 0.1) is 0 Å². The van der Waals surface area contributed by atoms with Gasteiger partial charge in [0.25, 0.3) is 0 Å². The van der Waals surface area contributed by atoms with Crippen LogP contribution >= 0.6 is 0 Å². The van der Waals surface area contributed by atoms with Crippen molar-refractivity contribution in [3.05, 3.63) is 29.8 Å². The van der Waals surface area contributed by atoms with Crippen molar-refractivity contribution in [2.24, 2.45) is 0 Å². The zero-order valence-electron chi connectivity index (χ0n) is 11.6. The first-order valence-corrected chi connectivity index (χ1v) is 8.63. The van der Waals surface area contributed by atoms with Gasteiger partial charge in [-0.05, 0) is 36.9 Å². The van der Waals surface area contributed by atoms with E-state index in [0.717, 1.165) is 36.8 Å². The first-order valence-electron chi connectivity index (χ1n) is 6.74. The molecule has 0 bridgehead atoms. The molecule has 0 aromatic heterocycles. The van der Waals surface area contributed by atoms with Crippen molar-refractivity contribution in [3.8, 4) is 5.75 Å². The van der Waals surface area contributed by atoms with Gasteiger partial charge in [0.15, 0.2) is 9.84 Å². The first kappa shape index (κ1) is 14.4. The lowest BCUT2D eigenvalue weighted by atomic mass is 9.72. The summed E-state index contributed by atoms with van der Waals surface area (Å²) < 4.78 is 28.6. The first-order chi connectivity index (χ1) is 8.99. The molecular formula is C14H20BO3S. The maximum Gasteiger partial charge on any atom is 0.157 e. The van der Waals surface area contributed by atoms with Crippen molar-refractivity contribution >= 4 is 17.1 Å². The zero-order chi connectivity index (χ0) is 13.9. The number of ether oxygens (including phenoxy) is 1. The highest BCUT2D eigenvalue weighted by molar-refractivity contribution is 7.92. The maximum atomic E-state index is 11.8. The van der Waals surface area contributed by atoms with Crippen molar-refractivity contribution in [2.45, 2.75) is 37.2 Å². The van der Waals surface area contributed by atoms with E-state index in [2.05, 4.69) is 14.2 Å². The highest BCUT2D eigenvalue weighted by Gasteiger charge is 2.53. The standard InChI is InChI=1S/C14H20BO3S/c1-3-15-10-11-18-13-6-4-12(5-7-13)14(8-9-14)19(2,16)17/h4-7H,3,8-11H2,1-2H3. The van der Waals surface area contributed by atoms with Gasteiger partial charge in [-0.15, -0.1) is 0 Å². The average molecular weight is 279 g/mol. The van der Waals surface area contributed by atoms with E-state index >= 15 is 0 Å². The van der Waals surface area contributed by atoms with Gasteiger partial charge in [0.1, 0.15) is 13.0 Å². The minimum atomic E-state index is -3.03. The molecule has 0 spiro atoms. The number of rotatable bonds is 7. The van der Waals surface area contributed by atoms with Crippen molar-refractivity contribution in [1.82, 2.24) is 0 Å². The number of hydrogen-bond donors (Lipinski definition) is 0. The molecule has 0 aliphatic heterocycles. The molecule has 1 radical (unpaired) electrons. The summed E-state index contributed by atoms with van der Waals surface area (Å²) >= 11 is 0. The van der Waals surface area contributed by atoms with E-state index in [1.165, 1.54) is 6.26 Å². The molecule has 1 aromatic carbocycles. The summed E-state index contributed by atoms with van der Waals surface area (Å²) in [6, 6.07) is 7.50. The summed E-state index contributed by atoms with van der Waals surface area (Å²) in [5, 5.41) is 0. The van der Waals surface area contributed by atoms with Crippen LogP contribution in [0.5, 0.6) is 5.75 Å². The van der Waals surface area contributed by atoms with Gasteiger partial charge in [0.2, 0.25) is 0 Å². The van der Waals surface area contributed by atoms with Gasteiger partial charge in [-0.25, -0.2) is 8.42 Å². The van der Waals surface area contributed by atoms with E-state index in [1.807, 2.05) is 24.3 Å². The summed E-state index contributed by atoms with van der Waals surface area (Å²) in [5.74, 6) is 0.803. The average Bonchev–Trinajstić information content (AvgIpc) is 3.16. The Morgan fingerprint density at radius 3 is 2.37 bits per heavy atom. The number of hydrogen-bond acceptors (Lipinski definition) is 3. The second-order valence-corrected chi connectivity index (χ2v) is 7.45. The largest absolute Gasteiger partial charge is 0.494 e. The van der Waals surface area contributed by atoms with E-state index in [4.69, 9.17) is 4.74 Å². The predicted octanol–water partition coefficient (Wildman–Crippen LogP) is 2.66. The molecule has 0 heterocycles. The van der Waals surface area contributed by atoms with Crippen LogP contribution in [0.3, 0.4) is 0 Å². The molecule has 103 valence electrons. The molecule has 2 rings (SSSR count). The molecule has 3 nitrogen and oxygen atoms in total.